The number of nitrogens with one attached hydrogen (secondary N) is 2. The molecule has 5 heterocycles. The molecule has 57 heavy (non-hydrogen) atoms. The first-order chi connectivity index (χ1) is 27.6. The molecule has 0 saturated carbocycles. The lowest BCUT2D eigenvalue weighted by Crippen LogP contribution is -2.23. The highest BCUT2D eigenvalue weighted by atomic mass is 16.6. The Morgan fingerprint density at radius 3 is 1.33 bits per heavy atom. The molecule has 9 rings (SSSR count). The second-order valence-electron chi connectivity index (χ2n) is 15.0. The van der Waals surface area contributed by atoms with Gasteiger partial charge in [0.15, 0.2) is 0 Å². The monoisotopic (exact) mass is 746 g/mol. The van der Waals surface area contributed by atoms with Crippen molar-refractivity contribution in [3.05, 3.63) is 160 Å². The number of ether oxygens (including phenoxy) is 1. The van der Waals surface area contributed by atoms with Crippen LogP contribution >= 0.6 is 0 Å². The average molecular weight is 747 g/mol. The second kappa shape index (κ2) is 14.0. The molecule has 4 N–H and O–H groups in total. The molecule has 8 bridgehead atoms. The van der Waals surface area contributed by atoms with Crippen molar-refractivity contribution in [2.45, 2.75) is 26.4 Å². The molecule has 0 amide bonds. The van der Waals surface area contributed by atoms with E-state index in [1.165, 1.54) is 12.1 Å². The summed E-state index contributed by atoms with van der Waals surface area (Å²) in [6, 6.07) is 41.2. The summed E-state index contributed by atoms with van der Waals surface area (Å²) in [6.45, 7) is 5.98. The molecule has 278 valence electrons. The maximum atomic E-state index is 11.7. The summed E-state index contributed by atoms with van der Waals surface area (Å²) in [5.74, 6) is 0.575. The van der Waals surface area contributed by atoms with Crippen molar-refractivity contribution < 1.29 is 9.66 Å². The maximum absolute atomic E-state index is 11.7. The number of aromatic nitrogens is 4. The molecule has 7 aromatic rings. The van der Waals surface area contributed by atoms with Crippen LogP contribution in [0.3, 0.4) is 0 Å². The normalized spacial score (nSPS) is 12.2. The number of anilines is 1. The van der Waals surface area contributed by atoms with E-state index in [-0.39, 0.29) is 5.69 Å². The molecule has 0 fully saturated rings. The van der Waals surface area contributed by atoms with Gasteiger partial charge in [0.05, 0.1) is 33.4 Å². The van der Waals surface area contributed by atoms with Gasteiger partial charge in [0.25, 0.3) is 5.69 Å². The number of nitro groups is 1. The zero-order valence-corrected chi connectivity index (χ0v) is 31.6. The number of nitro benzene ring substituents is 1. The Morgan fingerprint density at radius 1 is 0.544 bits per heavy atom. The van der Waals surface area contributed by atoms with Gasteiger partial charge in [0.1, 0.15) is 11.4 Å². The molecule has 0 saturated heterocycles. The Kier molecular flexibility index (Phi) is 8.62. The molecule has 0 atom stereocenters. The second-order valence-corrected chi connectivity index (χ2v) is 15.0. The predicted octanol–water partition coefficient (Wildman–Crippen LogP) is 12.0. The third-order valence-corrected chi connectivity index (χ3v) is 9.96. The summed E-state index contributed by atoms with van der Waals surface area (Å²) in [5, 5.41) is 11.7. The number of nitrogens with two attached hydrogens (primary N) is 1. The fourth-order valence-corrected chi connectivity index (χ4v) is 7.49. The Balaban J connectivity index is 1.44. The Bertz CT molecular complexity index is 2940. The Labute approximate surface area is 329 Å². The van der Waals surface area contributed by atoms with Crippen molar-refractivity contribution in [3.63, 3.8) is 0 Å². The van der Waals surface area contributed by atoms with E-state index in [9.17, 15) is 10.1 Å². The number of H-pyrrole nitrogens is 2. The van der Waals surface area contributed by atoms with Crippen molar-refractivity contribution in [2.75, 3.05) is 5.73 Å². The van der Waals surface area contributed by atoms with Crippen LogP contribution in [0.4, 0.5) is 11.4 Å². The predicted molar refractivity (Wildman–Crippen MR) is 232 cm³/mol. The van der Waals surface area contributed by atoms with Crippen LogP contribution in [0.2, 0.25) is 0 Å². The van der Waals surface area contributed by atoms with Crippen LogP contribution in [0.25, 0.3) is 90.9 Å². The van der Waals surface area contributed by atoms with Gasteiger partial charge >= 0.3 is 0 Å². The van der Waals surface area contributed by atoms with Crippen LogP contribution < -0.4 is 10.5 Å². The van der Waals surface area contributed by atoms with Gasteiger partial charge in [-0.3, -0.25) is 10.1 Å². The fourth-order valence-electron chi connectivity index (χ4n) is 7.49. The van der Waals surface area contributed by atoms with Gasteiger partial charge < -0.3 is 20.4 Å². The number of nitrogen functional groups attached to an aromatic ring is 1. The minimum Gasteiger partial charge on any atom is -0.486 e. The van der Waals surface area contributed by atoms with Crippen LogP contribution in [0.15, 0.2) is 127 Å². The number of hydrogen-bond donors (Lipinski definition) is 3. The number of aromatic amines is 2. The Morgan fingerprint density at radius 2 is 0.930 bits per heavy atom. The highest BCUT2D eigenvalue weighted by Gasteiger charge is 2.21. The molecule has 0 radical (unpaired) electrons. The first-order valence-corrected chi connectivity index (χ1v) is 18.7. The van der Waals surface area contributed by atoms with E-state index < -0.39 is 10.5 Å². The molecule has 0 aliphatic carbocycles. The molecular weight excluding hydrogens is 709 g/mol. The van der Waals surface area contributed by atoms with Gasteiger partial charge in [-0.25, -0.2) is 9.97 Å². The number of non-ortho nitro benzene ring substituents is 1. The van der Waals surface area contributed by atoms with Crippen LogP contribution in [0, 0.1) is 10.1 Å². The van der Waals surface area contributed by atoms with Gasteiger partial charge in [-0.1, -0.05) is 66.7 Å². The van der Waals surface area contributed by atoms with Crippen molar-refractivity contribution in [2.24, 2.45) is 0 Å². The third-order valence-electron chi connectivity index (χ3n) is 9.96. The molecule has 9 nitrogen and oxygen atoms in total. The highest BCUT2D eigenvalue weighted by molar-refractivity contribution is 6.00. The van der Waals surface area contributed by atoms with Crippen molar-refractivity contribution in [1.82, 2.24) is 19.9 Å². The van der Waals surface area contributed by atoms with Gasteiger partial charge in [0, 0.05) is 56.5 Å². The first-order valence-electron chi connectivity index (χ1n) is 18.7. The van der Waals surface area contributed by atoms with Gasteiger partial charge in [-0.05, 0) is 116 Å². The number of benzene rings is 4. The molecule has 2 aliphatic rings. The summed E-state index contributed by atoms with van der Waals surface area (Å²) < 4.78 is 6.34. The molecule has 3 aromatic heterocycles. The number of rotatable bonds is 6. The fraction of sp³-hybridized carbons (Fsp3) is 0.0833. The summed E-state index contributed by atoms with van der Waals surface area (Å²) in [4.78, 5) is 29.4. The minimum atomic E-state index is -0.477. The maximum Gasteiger partial charge on any atom is 0.269 e. The van der Waals surface area contributed by atoms with Crippen molar-refractivity contribution >= 4 is 57.7 Å². The van der Waals surface area contributed by atoms with E-state index in [4.69, 9.17) is 20.4 Å². The van der Waals surface area contributed by atoms with E-state index >= 15 is 0 Å². The third kappa shape index (κ3) is 6.76. The van der Waals surface area contributed by atoms with Crippen molar-refractivity contribution in [3.8, 4) is 50.3 Å². The van der Waals surface area contributed by atoms with Gasteiger partial charge in [-0.15, -0.1) is 0 Å². The van der Waals surface area contributed by atoms with E-state index in [1.807, 2.05) is 106 Å². The van der Waals surface area contributed by atoms with Crippen LogP contribution in [0.5, 0.6) is 5.75 Å². The largest absolute Gasteiger partial charge is 0.486 e. The SMILES string of the molecule is CC(C)(C)Oc1cc(-c2c3nc(c(-c4ccccc4)c4ccc([nH]4)c(-c4ccccc4)c4nc(c(-c5ccc([N+](=O)[O-])cc5)c5ccc2[nH]5)C=C4)C=C3)ccc1N. The lowest BCUT2D eigenvalue weighted by atomic mass is 10.0. The van der Waals surface area contributed by atoms with Crippen LogP contribution in [-0.4, -0.2) is 30.5 Å². The average Bonchev–Trinajstić information content (AvgIpc) is 4.04. The molecule has 9 heteroatoms. The smallest absolute Gasteiger partial charge is 0.269 e. The molecule has 4 aromatic carbocycles. The number of hydrogen-bond acceptors (Lipinski definition) is 6. The summed E-state index contributed by atoms with van der Waals surface area (Å²) >= 11 is 0. The van der Waals surface area contributed by atoms with Crippen LogP contribution in [0.1, 0.15) is 43.5 Å². The summed E-state index contributed by atoms with van der Waals surface area (Å²) in [5.41, 5.74) is 20.1. The van der Waals surface area contributed by atoms with E-state index in [2.05, 4.69) is 52.4 Å². The molecule has 0 spiro atoms. The lowest BCUT2D eigenvalue weighted by Gasteiger charge is -2.23. The number of nitrogens with zero attached hydrogens (tertiary/aromatic N) is 3. The van der Waals surface area contributed by atoms with E-state index in [0.717, 1.165) is 83.7 Å². The minimum absolute atomic E-state index is 0.00939. The lowest BCUT2D eigenvalue weighted by molar-refractivity contribution is -0.384. The molecular formula is C48H38N6O3. The molecule has 0 unspecified atom stereocenters. The summed E-state index contributed by atoms with van der Waals surface area (Å²) in [7, 11) is 0. The zero-order valence-electron chi connectivity index (χ0n) is 31.6. The first kappa shape index (κ1) is 35.2. The van der Waals surface area contributed by atoms with Gasteiger partial charge in [0.2, 0.25) is 0 Å². The quantitative estimate of drug-likeness (QED) is 0.0880. The number of fused-ring (bicyclic) bond motifs is 8. The standard InChI is InChI=1S/C48H38N6O3/c1-48(2,3)57-43-28-32(16-19-34(43)49)47-41-26-24-38(52-41)45(30-12-8-5-9-13-30)36-21-20-35(50-36)44(29-10-6-4-7-11-29)37-22-23-39(51-37)46(40-25-27-42(47)53-40)31-14-17-33(18-15-31)54(55)56/h4-28,50,53H,49H2,1-3H3. The summed E-state index contributed by atoms with van der Waals surface area (Å²) in [6.07, 6.45) is 8.14. The van der Waals surface area contributed by atoms with E-state index in [1.54, 1.807) is 12.1 Å². The van der Waals surface area contributed by atoms with Gasteiger partial charge in [-0.2, -0.15) is 0 Å². The zero-order chi connectivity index (χ0) is 39.3. The Hall–Kier alpha value is -7.52. The van der Waals surface area contributed by atoms with Crippen LogP contribution in [-0.2, 0) is 0 Å². The van der Waals surface area contributed by atoms with Crippen molar-refractivity contribution in [1.29, 1.82) is 0 Å². The highest BCUT2D eigenvalue weighted by Crippen LogP contribution is 2.40. The van der Waals surface area contributed by atoms with E-state index in [0.29, 0.717) is 17.1 Å². The molecule has 2 aliphatic heterocycles. The topological polar surface area (TPSA) is 136 Å².